The Morgan fingerprint density at radius 3 is 2.67 bits per heavy atom. The fourth-order valence-corrected chi connectivity index (χ4v) is 2.37. The van der Waals surface area contributed by atoms with Crippen LogP contribution in [0, 0.1) is 19.7 Å². The van der Waals surface area contributed by atoms with Crippen molar-refractivity contribution in [2.75, 3.05) is 5.32 Å². The van der Waals surface area contributed by atoms with Crippen LogP contribution in [-0.4, -0.2) is 10.9 Å². The Bertz CT molecular complexity index is 836. The average Bonchev–Trinajstić information content (AvgIpc) is 2.85. The van der Waals surface area contributed by atoms with E-state index in [0.717, 1.165) is 22.2 Å². The largest absolute Gasteiger partial charge is 0.350 e. The molecule has 3 aromatic rings. The number of hydrogen-bond donors (Lipinski definition) is 2. The molecule has 0 bridgehead atoms. The standard InChI is InChI=1S/C17H15FN2O/c1-10-3-6-14(11(2)7-10)20-17(21)16-8-12-4-5-13(18)9-15(12)19-16/h3-9,19H,1-2H3,(H,20,21). The molecule has 3 rings (SSSR count). The molecule has 0 aliphatic carbocycles. The lowest BCUT2D eigenvalue weighted by Crippen LogP contribution is -2.13. The highest BCUT2D eigenvalue weighted by molar-refractivity contribution is 6.06. The van der Waals surface area contributed by atoms with Gasteiger partial charge >= 0.3 is 0 Å². The second-order valence-electron chi connectivity index (χ2n) is 5.19. The van der Waals surface area contributed by atoms with Gasteiger partial charge in [0.05, 0.1) is 0 Å². The molecule has 0 fully saturated rings. The van der Waals surface area contributed by atoms with E-state index in [1.54, 1.807) is 12.1 Å². The number of aromatic amines is 1. The molecule has 0 saturated carbocycles. The van der Waals surface area contributed by atoms with Gasteiger partial charge in [-0.15, -0.1) is 0 Å². The molecule has 1 heterocycles. The van der Waals surface area contributed by atoms with E-state index in [2.05, 4.69) is 10.3 Å². The highest BCUT2D eigenvalue weighted by atomic mass is 19.1. The fraction of sp³-hybridized carbons (Fsp3) is 0.118. The first kappa shape index (κ1) is 13.4. The maximum absolute atomic E-state index is 13.2. The second-order valence-corrected chi connectivity index (χ2v) is 5.19. The molecule has 21 heavy (non-hydrogen) atoms. The first-order valence-electron chi connectivity index (χ1n) is 6.70. The summed E-state index contributed by atoms with van der Waals surface area (Å²) in [6, 6.07) is 12.0. The van der Waals surface area contributed by atoms with Crippen molar-refractivity contribution in [1.82, 2.24) is 4.98 Å². The molecule has 0 saturated heterocycles. The molecule has 0 aliphatic rings. The molecule has 1 amide bonds. The molecular weight excluding hydrogens is 267 g/mol. The number of halogens is 1. The van der Waals surface area contributed by atoms with E-state index in [0.29, 0.717) is 11.2 Å². The number of amides is 1. The third kappa shape index (κ3) is 2.65. The van der Waals surface area contributed by atoms with Crippen LogP contribution in [-0.2, 0) is 0 Å². The van der Waals surface area contributed by atoms with Crippen LogP contribution in [0.5, 0.6) is 0 Å². The molecule has 0 atom stereocenters. The molecule has 2 N–H and O–H groups in total. The van der Waals surface area contributed by atoms with Crippen molar-refractivity contribution in [3.8, 4) is 0 Å². The van der Waals surface area contributed by atoms with E-state index in [4.69, 9.17) is 0 Å². The molecule has 106 valence electrons. The SMILES string of the molecule is Cc1ccc(NC(=O)c2cc3ccc(F)cc3[nH]2)c(C)c1. The molecule has 2 aromatic carbocycles. The van der Waals surface area contributed by atoms with Gasteiger partial charge in [0.15, 0.2) is 0 Å². The zero-order valence-electron chi connectivity index (χ0n) is 11.8. The minimum absolute atomic E-state index is 0.237. The Labute approximate surface area is 121 Å². The number of hydrogen-bond acceptors (Lipinski definition) is 1. The number of fused-ring (bicyclic) bond motifs is 1. The quantitative estimate of drug-likeness (QED) is 0.727. The van der Waals surface area contributed by atoms with Gasteiger partial charge in [-0.1, -0.05) is 17.7 Å². The Morgan fingerprint density at radius 2 is 1.90 bits per heavy atom. The van der Waals surface area contributed by atoms with Crippen molar-refractivity contribution < 1.29 is 9.18 Å². The summed E-state index contributed by atoms with van der Waals surface area (Å²) in [4.78, 5) is 15.2. The van der Waals surface area contributed by atoms with Crippen molar-refractivity contribution in [2.24, 2.45) is 0 Å². The number of benzene rings is 2. The van der Waals surface area contributed by atoms with Crippen molar-refractivity contribution in [1.29, 1.82) is 0 Å². The van der Waals surface area contributed by atoms with Crippen LogP contribution in [0.15, 0.2) is 42.5 Å². The molecule has 0 aliphatic heterocycles. The number of H-pyrrole nitrogens is 1. The third-order valence-corrected chi connectivity index (χ3v) is 3.46. The topological polar surface area (TPSA) is 44.9 Å². The summed E-state index contributed by atoms with van der Waals surface area (Å²) in [6.07, 6.45) is 0. The van der Waals surface area contributed by atoms with Crippen LogP contribution in [0.4, 0.5) is 10.1 Å². The highest BCUT2D eigenvalue weighted by Crippen LogP contribution is 2.20. The smallest absolute Gasteiger partial charge is 0.272 e. The number of aromatic nitrogens is 1. The van der Waals surface area contributed by atoms with Gasteiger partial charge in [0, 0.05) is 16.6 Å². The third-order valence-electron chi connectivity index (χ3n) is 3.46. The lowest BCUT2D eigenvalue weighted by Gasteiger charge is -2.08. The van der Waals surface area contributed by atoms with Crippen LogP contribution in [0.1, 0.15) is 21.6 Å². The average molecular weight is 282 g/mol. The molecule has 1 aromatic heterocycles. The number of aryl methyl sites for hydroxylation is 2. The maximum Gasteiger partial charge on any atom is 0.272 e. The van der Waals surface area contributed by atoms with Crippen LogP contribution in [0.3, 0.4) is 0 Å². The molecule has 0 radical (unpaired) electrons. The van der Waals surface area contributed by atoms with Gasteiger partial charge in [0.25, 0.3) is 5.91 Å². The Hall–Kier alpha value is -2.62. The van der Waals surface area contributed by atoms with Crippen molar-refractivity contribution in [3.05, 3.63) is 65.1 Å². The van der Waals surface area contributed by atoms with E-state index >= 15 is 0 Å². The van der Waals surface area contributed by atoms with Crippen molar-refractivity contribution >= 4 is 22.5 Å². The predicted molar refractivity (Wildman–Crippen MR) is 82.1 cm³/mol. The monoisotopic (exact) mass is 282 g/mol. The maximum atomic E-state index is 13.2. The molecule has 4 heteroatoms. The fourth-order valence-electron chi connectivity index (χ4n) is 2.37. The van der Waals surface area contributed by atoms with Gasteiger partial charge < -0.3 is 10.3 Å². The lowest BCUT2D eigenvalue weighted by atomic mass is 10.1. The number of carbonyl (C=O) groups is 1. The number of anilines is 1. The Balaban J connectivity index is 1.89. The van der Waals surface area contributed by atoms with Gasteiger partial charge in [0.2, 0.25) is 0 Å². The van der Waals surface area contributed by atoms with Gasteiger partial charge in [-0.2, -0.15) is 0 Å². The first-order valence-corrected chi connectivity index (χ1v) is 6.70. The molecule has 3 nitrogen and oxygen atoms in total. The zero-order chi connectivity index (χ0) is 15.0. The summed E-state index contributed by atoms with van der Waals surface area (Å²) in [5, 5.41) is 3.67. The molecule has 0 spiro atoms. The number of carbonyl (C=O) groups excluding carboxylic acids is 1. The van der Waals surface area contributed by atoms with E-state index in [9.17, 15) is 9.18 Å². The minimum atomic E-state index is -0.328. The van der Waals surface area contributed by atoms with E-state index < -0.39 is 0 Å². The van der Waals surface area contributed by atoms with Crippen molar-refractivity contribution in [2.45, 2.75) is 13.8 Å². The first-order chi connectivity index (χ1) is 10.0. The minimum Gasteiger partial charge on any atom is -0.350 e. The molecular formula is C17H15FN2O. The summed E-state index contributed by atoms with van der Waals surface area (Å²) in [5.41, 5.74) is 3.95. The molecule has 0 unspecified atom stereocenters. The van der Waals surface area contributed by atoms with Crippen LogP contribution in [0.25, 0.3) is 10.9 Å². The summed E-state index contributed by atoms with van der Waals surface area (Å²) >= 11 is 0. The Kier molecular flexibility index (Phi) is 3.22. The van der Waals surface area contributed by atoms with E-state index in [-0.39, 0.29) is 11.7 Å². The Morgan fingerprint density at radius 1 is 1.10 bits per heavy atom. The van der Waals surface area contributed by atoms with Gasteiger partial charge in [-0.25, -0.2) is 4.39 Å². The zero-order valence-corrected chi connectivity index (χ0v) is 11.8. The van der Waals surface area contributed by atoms with Crippen LogP contribution in [0.2, 0.25) is 0 Å². The van der Waals surface area contributed by atoms with Gasteiger partial charge in [-0.3, -0.25) is 4.79 Å². The normalized spacial score (nSPS) is 10.8. The number of nitrogens with one attached hydrogen (secondary N) is 2. The van der Waals surface area contributed by atoms with Crippen LogP contribution < -0.4 is 5.32 Å². The summed E-state index contributed by atoms with van der Waals surface area (Å²) in [6.45, 7) is 3.95. The summed E-state index contributed by atoms with van der Waals surface area (Å²) < 4.78 is 13.2. The van der Waals surface area contributed by atoms with Crippen LogP contribution >= 0.6 is 0 Å². The van der Waals surface area contributed by atoms with Crippen molar-refractivity contribution in [3.63, 3.8) is 0 Å². The van der Waals surface area contributed by atoms with E-state index in [1.807, 2.05) is 32.0 Å². The summed E-state index contributed by atoms with van der Waals surface area (Å²) in [7, 11) is 0. The number of rotatable bonds is 2. The second kappa shape index (κ2) is 5.05. The lowest BCUT2D eigenvalue weighted by molar-refractivity contribution is 0.102. The highest BCUT2D eigenvalue weighted by Gasteiger charge is 2.11. The van der Waals surface area contributed by atoms with E-state index in [1.165, 1.54) is 12.1 Å². The van der Waals surface area contributed by atoms with Gasteiger partial charge in [-0.05, 0) is 49.7 Å². The van der Waals surface area contributed by atoms with Gasteiger partial charge in [0.1, 0.15) is 11.5 Å². The predicted octanol–water partition coefficient (Wildman–Crippen LogP) is 4.18. The summed E-state index contributed by atoms with van der Waals surface area (Å²) in [5.74, 6) is -0.566.